The van der Waals surface area contributed by atoms with Gasteiger partial charge in [-0.25, -0.2) is 5.01 Å². The van der Waals surface area contributed by atoms with Gasteiger partial charge in [0.05, 0.1) is 11.8 Å². The van der Waals surface area contributed by atoms with Crippen LogP contribution in [0.3, 0.4) is 0 Å². The Hall–Kier alpha value is -3.41. The molecule has 6 heteroatoms. The first-order valence-electron chi connectivity index (χ1n) is 10.2. The van der Waals surface area contributed by atoms with Crippen LogP contribution in [0.15, 0.2) is 53.6 Å². The van der Waals surface area contributed by atoms with Gasteiger partial charge >= 0.3 is 0 Å². The zero-order chi connectivity index (χ0) is 21.0. The molecule has 1 aromatic heterocycles. The van der Waals surface area contributed by atoms with Crippen molar-refractivity contribution < 1.29 is 9.59 Å². The Kier molecular flexibility index (Phi) is 4.07. The highest BCUT2D eigenvalue weighted by Crippen LogP contribution is 2.42. The van der Waals surface area contributed by atoms with Crippen molar-refractivity contribution in [3.63, 3.8) is 0 Å². The molecule has 1 unspecified atom stereocenters. The van der Waals surface area contributed by atoms with Crippen LogP contribution in [0.25, 0.3) is 10.9 Å². The van der Waals surface area contributed by atoms with Gasteiger partial charge in [-0.15, -0.1) is 0 Å². The molecule has 2 aromatic carbocycles. The van der Waals surface area contributed by atoms with Gasteiger partial charge in [-0.1, -0.05) is 48.0 Å². The number of nitrogens with zero attached hydrogens (tertiary/aromatic N) is 3. The van der Waals surface area contributed by atoms with Crippen LogP contribution >= 0.6 is 0 Å². The van der Waals surface area contributed by atoms with E-state index in [4.69, 9.17) is 0 Å². The lowest BCUT2D eigenvalue weighted by Gasteiger charge is -2.50. The number of hydrazone groups is 1. The van der Waals surface area contributed by atoms with Gasteiger partial charge in [0.25, 0.3) is 5.91 Å². The number of aryl methyl sites for hydroxylation is 1. The maximum atomic E-state index is 13.4. The Labute approximate surface area is 175 Å². The van der Waals surface area contributed by atoms with Crippen LogP contribution in [0.2, 0.25) is 0 Å². The predicted octanol–water partition coefficient (Wildman–Crippen LogP) is 3.34. The van der Waals surface area contributed by atoms with Gasteiger partial charge in [-0.3, -0.25) is 9.59 Å². The number of fused-ring (bicyclic) bond motifs is 4. The van der Waals surface area contributed by atoms with Gasteiger partial charge in [-0.2, -0.15) is 5.10 Å². The molecular weight excluding hydrogens is 376 g/mol. The average Bonchev–Trinajstić information content (AvgIpc) is 3.09. The van der Waals surface area contributed by atoms with E-state index in [-0.39, 0.29) is 18.4 Å². The van der Waals surface area contributed by atoms with Crippen molar-refractivity contribution in [1.29, 1.82) is 0 Å². The Morgan fingerprint density at radius 2 is 1.93 bits per heavy atom. The summed E-state index contributed by atoms with van der Waals surface area (Å²) in [4.78, 5) is 31.7. The predicted molar refractivity (Wildman–Crippen MR) is 116 cm³/mol. The number of benzene rings is 2. The molecular formula is C24H24N4O2. The van der Waals surface area contributed by atoms with Gasteiger partial charge in [-0.05, 0) is 38.0 Å². The number of para-hydroxylation sites is 1. The van der Waals surface area contributed by atoms with Crippen LogP contribution in [0.4, 0.5) is 0 Å². The number of aromatic amines is 1. The third-order valence-electron chi connectivity index (χ3n) is 6.22. The summed E-state index contributed by atoms with van der Waals surface area (Å²) in [6, 6.07) is 15.4. The molecule has 1 saturated heterocycles. The topological polar surface area (TPSA) is 68.8 Å². The van der Waals surface area contributed by atoms with Crippen molar-refractivity contribution >= 4 is 28.9 Å². The number of carbonyl (C=O) groups excluding carboxylic acids is 2. The van der Waals surface area contributed by atoms with Crippen LogP contribution in [-0.4, -0.2) is 45.5 Å². The summed E-state index contributed by atoms with van der Waals surface area (Å²) >= 11 is 0. The maximum Gasteiger partial charge on any atom is 0.266 e. The van der Waals surface area contributed by atoms with E-state index in [9.17, 15) is 9.59 Å². The molecule has 1 fully saturated rings. The first-order chi connectivity index (χ1) is 14.4. The second-order valence-electron chi connectivity index (χ2n) is 8.62. The fourth-order valence-corrected chi connectivity index (χ4v) is 4.85. The summed E-state index contributed by atoms with van der Waals surface area (Å²) < 4.78 is 0. The Morgan fingerprint density at radius 1 is 1.13 bits per heavy atom. The van der Waals surface area contributed by atoms with Crippen molar-refractivity contribution in [3.8, 4) is 0 Å². The summed E-state index contributed by atoms with van der Waals surface area (Å²) in [6.45, 7) is 5.97. The molecule has 0 saturated carbocycles. The molecule has 152 valence electrons. The van der Waals surface area contributed by atoms with E-state index >= 15 is 0 Å². The Bertz CT molecular complexity index is 1210. The van der Waals surface area contributed by atoms with Crippen molar-refractivity contribution in [2.75, 3.05) is 6.54 Å². The molecule has 3 aromatic rings. The number of H-pyrrole nitrogens is 1. The van der Waals surface area contributed by atoms with E-state index in [1.165, 1.54) is 5.01 Å². The van der Waals surface area contributed by atoms with Gasteiger partial charge in [0.2, 0.25) is 5.91 Å². The van der Waals surface area contributed by atoms with Crippen molar-refractivity contribution in [2.45, 2.75) is 38.8 Å². The number of hydrogen-bond acceptors (Lipinski definition) is 3. The second kappa shape index (κ2) is 6.55. The molecule has 0 spiro atoms. The Morgan fingerprint density at radius 3 is 2.73 bits per heavy atom. The Balaban J connectivity index is 1.52. The molecule has 2 aliphatic rings. The first kappa shape index (κ1) is 18.6. The maximum absolute atomic E-state index is 13.4. The molecule has 2 aliphatic heterocycles. The molecule has 30 heavy (non-hydrogen) atoms. The highest BCUT2D eigenvalue weighted by atomic mass is 16.2. The number of nitrogens with one attached hydrogen (secondary N) is 1. The molecule has 0 aliphatic carbocycles. The summed E-state index contributed by atoms with van der Waals surface area (Å²) in [5.74, 6) is -0.224. The lowest BCUT2D eigenvalue weighted by atomic mass is 9.82. The van der Waals surface area contributed by atoms with Crippen LogP contribution in [0.5, 0.6) is 0 Å². The van der Waals surface area contributed by atoms with Gasteiger partial charge < -0.3 is 9.88 Å². The van der Waals surface area contributed by atoms with Crippen LogP contribution in [0, 0.1) is 6.92 Å². The second-order valence-corrected chi connectivity index (χ2v) is 8.62. The normalized spacial score (nSPS) is 20.7. The van der Waals surface area contributed by atoms with Crippen molar-refractivity contribution in [2.24, 2.45) is 5.10 Å². The minimum atomic E-state index is -0.601. The molecule has 1 atom stereocenters. The van der Waals surface area contributed by atoms with Crippen molar-refractivity contribution in [3.05, 3.63) is 70.9 Å². The van der Waals surface area contributed by atoms with E-state index in [1.807, 2.05) is 63.2 Å². The molecule has 2 amide bonds. The minimum absolute atomic E-state index is 0.0450. The number of piperazine rings is 1. The van der Waals surface area contributed by atoms with E-state index in [0.29, 0.717) is 6.42 Å². The average molecular weight is 400 g/mol. The van der Waals surface area contributed by atoms with Gasteiger partial charge in [0.15, 0.2) is 0 Å². The van der Waals surface area contributed by atoms with Crippen LogP contribution < -0.4 is 0 Å². The largest absolute Gasteiger partial charge is 0.356 e. The monoisotopic (exact) mass is 400 g/mol. The smallest absolute Gasteiger partial charge is 0.266 e. The number of amides is 2. The molecule has 3 heterocycles. The van der Waals surface area contributed by atoms with Gasteiger partial charge in [0.1, 0.15) is 12.6 Å². The third kappa shape index (κ3) is 2.75. The first-order valence-corrected chi connectivity index (χ1v) is 10.2. The standard InChI is InChI=1S/C24H24N4O2/c1-15-7-6-8-16(11-15)13-25-27-14-21(29)28-20(23(27)30)12-18-17-9-4-5-10-19(17)26-22(18)24(28,2)3/h4-11,13,20,26H,12,14H2,1-3H3. The summed E-state index contributed by atoms with van der Waals surface area (Å²) in [6.07, 6.45) is 2.14. The molecule has 5 rings (SSSR count). The lowest BCUT2D eigenvalue weighted by molar-refractivity contribution is -0.163. The zero-order valence-corrected chi connectivity index (χ0v) is 17.3. The van der Waals surface area contributed by atoms with E-state index in [0.717, 1.165) is 33.3 Å². The zero-order valence-electron chi connectivity index (χ0n) is 17.3. The highest BCUT2D eigenvalue weighted by Gasteiger charge is 2.51. The van der Waals surface area contributed by atoms with Crippen LogP contribution in [0.1, 0.15) is 36.2 Å². The molecule has 6 nitrogen and oxygen atoms in total. The molecule has 0 radical (unpaired) electrons. The third-order valence-corrected chi connectivity index (χ3v) is 6.22. The number of aromatic nitrogens is 1. The fraction of sp³-hybridized carbons (Fsp3) is 0.292. The van der Waals surface area contributed by atoms with E-state index in [2.05, 4.69) is 16.2 Å². The van der Waals surface area contributed by atoms with E-state index in [1.54, 1.807) is 11.1 Å². The highest BCUT2D eigenvalue weighted by molar-refractivity contribution is 5.98. The fourth-order valence-electron chi connectivity index (χ4n) is 4.85. The summed E-state index contributed by atoms with van der Waals surface area (Å²) in [7, 11) is 0. The number of hydrogen-bond donors (Lipinski definition) is 1. The number of rotatable bonds is 2. The van der Waals surface area contributed by atoms with Gasteiger partial charge in [0, 0.05) is 23.0 Å². The lowest BCUT2D eigenvalue weighted by Crippen LogP contribution is -2.66. The quantitative estimate of drug-likeness (QED) is 0.671. The van der Waals surface area contributed by atoms with E-state index < -0.39 is 11.6 Å². The number of carbonyl (C=O) groups is 2. The van der Waals surface area contributed by atoms with Crippen LogP contribution in [-0.2, 0) is 21.5 Å². The SMILES string of the molecule is Cc1cccc(C=NN2CC(=O)N3C(Cc4c([nH]c5ccccc45)C3(C)C)C2=O)c1. The molecule has 0 bridgehead atoms. The molecule has 1 N–H and O–H groups in total. The summed E-state index contributed by atoms with van der Waals surface area (Å²) in [5, 5.41) is 6.81. The minimum Gasteiger partial charge on any atom is -0.356 e. The summed E-state index contributed by atoms with van der Waals surface area (Å²) in [5.41, 5.74) is 4.58. The van der Waals surface area contributed by atoms with Crippen molar-refractivity contribution in [1.82, 2.24) is 14.9 Å².